The molecule has 5 heteroatoms. The fourth-order valence-electron chi connectivity index (χ4n) is 4.29. The topological polar surface area (TPSA) is 49.7 Å². The van der Waals surface area contributed by atoms with Crippen molar-refractivity contribution in [1.29, 1.82) is 0 Å². The molecule has 136 valence electrons. The van der Waals surface area contributed by atoms with Crippen molar-refractivity contribution in [3.8, 4) is 0 Å². The molecule has 1 saturated heterocycles. The maximum absolute atomic E-state index is 10.1. The summed E-state index contributed by atoms with van der Waals surface area (Å²) in [6, 6.07) is 12.7. The van der Waals surface area contributed by atoms with Crippen LogP contribution in [-0.2, 0) is 22.8 Å². The summed E-state index contributed by atoms with van der Waals surface area (Å²) in [5.41, 5.74) is 7.03. The van der Waals surface area contributed by atoms with Gasteiger partial charge in [0.15, 0.2) is 0 Å². The summed E-state index contributed by atoms with van der Waals surface area (Å²) >= 11 is 0. The van der Waals surface area contributed by atoms with Gasteiger partial charge in [0.2, 0.25) is 0 Å². The Kier molecular flexibility index (Phi) is 4.96. The van der Waals surface area contributed by atoms with E-state index in [-0.39, 0.29) is 18.8 Å². The van der Waals surface area contributed by atoms with Crippen molar-refractivity contribution >= 4 is 15.7 Å². The molecule has 0 saturated carbocycles. The zero-order valence-corrected chi connectivity index (χ0v) is 15.7. The molecule has 4 rings (SSSR count). The van der Waals surface area contributed by atoms with Crippen LogP contribution in [0.25, 0.3) is 0 Å². The SMILES string of the molecule is [B]C1([B])Cc2cc(Cc3cc(C4CC(O)CC(CO)O4)ccc3C)ccc21. The Morgan fingerprint density at radius 3 is 2.67 bits per heavy atom. The van der Waals surface area contributed by atoms with Crippen molar-refractivity contribution in [3.05, 3.63) is 69.8 Å². The van der Waals surface area contributed by atoms with Gasteiger partial charge in [-0.15, -0.1) is 0 Å². The van der Waals surface area contributed by atoms with Crippen LogP contribution in [-0.4, -0.2) is 44.7 Å². The lowest BCUT2D eigenvalue weighted by molar-refractivity contribution is -0.113. The number of rotatable bonds is 4. The zero-order chi connectivity index (χ0) is 19.2. The van der Waals surface area contributed by atoms with Crippen LogP contribution in [0.3, 0.4) is 0 Å². The Morgan fingerprint density at radius 2 is 1.96 bits per heavy atom. The minimum atomic E-state index is -0.675. The van der Waals surface area contributed by atoms with E-state index in [0.29, 0.717) is 19.3 Å². The highest BCUT2D eigenvalue weighted by molar-refractivity contribution is 6.41. The third kappa shape index (κ3) is 3.73. The molecule has 3 unspecified atom stereocenters. The van der Waals surface area contributed by atoms with Crippen LogP contribution in [0.1, 0.15) is 52.3 Å². The molecule has 3 atom stereocenters. The number of hydrogen-bond acceptors (Lipinski definition) is 3. The van der Waals surface area contributed by atoms with Crippen molar-refractivity contribution in [3.63, 3.8) is 0 Å². The van der Waals surface area contributed by atoms with E-state index in [0.717, 1.165) is 17.5 Å². The Balaban J connectivity index is 1.55. The highest BCUT2D eigenvalue weighted by Crippen LogP contribution is 2.37. The first-order chi connectivity index (χ1) is 12.9. The molecule has 1 aliphatic carbocycles. The number of benzene rings is 2. The third-order valence-electron chi connectivity index (χ3n) is 5.88. The standard InChI is InChI=1S/C22H24B2O3/c1-13-2-4-15(21-10-18(26)9-19(12-25)27-21)8-16(13)6-14-3-5-20-17(7-14)11-22(20,23)24/h2-5,7-8,18-19,21,25-26H,6,9-12H2,1H3. The van der Waals surface area contributed by atoms with Gasteiger partial charge < -0.3 is 14.9 Å². The lowest BCUT2D eigenvalue weighted by atomic mass is 9.42. The molecule has 2 aromatic carbocycles. The number of hydrogen-bond donors (Lipinski definition) is 2. The summed E-state index contributed by atoms with van der Waals surface area (Å²) in [5, 5.41) is 18.8. The van der Waals surface area contributed by atoms with Gasteiger partial charge in [-0.2, -0.15) is 0 Å². The van der Waals surface area contributed by atoms with Gasteiger partial charge in [0.05, 0.1) is 40.6 Å². The summed E-state index contributed by atoms with van der Waals surface area (Å²) < 4.78 is 5.97. The number of aliphatic hydroxyl groups excluding tert-OH is 2. The van der Waals surface area contributed by atoms with Crippen molar-refractivity contribution in [2.24, 2.45) is 0 Å². The second kappa shape index (κ2) is 7.12. The van der Waals surface area contributed by atoms with Gasteiger partial charge in [-0.3, -0.25) is 0 Å². The van der Waals surface area contributed by atoms with Gasteiger partial charge in [0.25, 0.3) is 0 Å². The second-order valence-corrected chi connectivity index (χ2v) is 8.13. The summed E-state index contributed by atoms with van der Waals surface area (Å²) in [7, 11) is 12.0. The van der Waals surface area contributed by atoms with E-state index in [2.05, 4.69) is 37.3 Å². The molecule has 2 aromatic rings. The summed E-state index contributed by atoms with van der Waals surface area (Å²) in [6.07, 6.45) is 1.67. The summed E-state index contributed by atoms with van der Waals surface area (Å²) in [4.78, 5) is 0. The quantitative estimate of drug-likeness (QED) is 0.825. The van der Waals surface area contributed by atoms with Crippen LogP contribution in [0, 0.1) is 6.92 Å². The van der Waals surface area contributed by atoms with Crippen LogP contribution in [0.15, 0.2) is 36.4 Å². The number of ether oxygens (including phenoxy) is 1. The maximum Gasteiger partial charge on any atom is 0.0854 e. The molecule has 1 aliphatic heterocycles. The molecule has 3 nitrogen and oxygen atoms in total. The number of fused-ring (bicyclic) bond motifs is 1. The third-order valence-corrected chi connectivity index (χ3v) is 5.88. The van der Waals surface area contributed by atoms with Crippen molar-refractivity contribution in [2.75, 3.05) is 6.61 Å². The average Bonchev–Trinajstić information content (AvgIpc) is 2.62. The normalized spacial score (nSPS) is 26.3. The van der Waals surface area contributed by atoms with Crippen LogP contribution < -0.4 is 0 Å². The average molecular weight is 358 g/mol. The molecule has 27 heavy (non-hydrogen) atoms. The lowest BCUT2D eigenvalue weighted by Gasteiger charge is -2.39. The van der Waals surface area contributed by atoms with E-state index < -0.39 is 11.3 Å². The summed E-state index contributed by atoms with van der Waals surface area (Å²) in [6.45, 7) is 2.04. The molecule has 4 radical (unpaired) electrons. The molecule has 2 N–H and O–H groups in total. The number of aliphatic hydroxyl groups is 2. The molecular weight excluding hydrogens is 334 g/mol. The monoisotopic (exact) mass is 358 g/mol. The van der Waals surface area contributed by atoms with Crippen LogP contribution in [0.5, 0.6) is 0 Å². The second-order valence-electron chi connectivity index (χ2n) is 8.13. The molecule has 1 heterocycles. The van der Waals surface area contributed by atoms with Gasteiger partial charge >= 0.3 is 0 Å². The van der Waals surface area contributed by atoms with E-state index in [9.17, 15) is 10.2 Å². The van der Waals surface area contributed by atoms with E-state index >= 15 is 0 Å². The predicted octanol–water partition coefficient (Wildman–Crippen LogP) is 2.21. The fourth-order valence-corrected chi connectivity index (χ4v) is 4.29. The molecule has 0 amide bonds. The predicted molar refractivity (Wildman–Crippen MR) is 107 cm³/mol. The largest absolute Gasteiger partial charge is 0.394 e. The smallest absolute Gasteiger partial charge is 0.0854 e. The minimum Gasteiger partial charge on any atom is -0.394 e. The molecule has 0 bridgehead atoms. The van der Waals surface area contributed by atoms with E-state index in [4.69, 9.17) is 20.4 Å². The summed E-state index contributed by atoms with van der Waals surface area (Å²) in [5.74, 6) is 0. The van der Waals surface area contributed by atoms with Gasteiger partial charge in [-0.1, -0.05) is 47.2 Å². The van der Waals surface area contributed by atoms with Crippen molar-refractivity contribution in [2.45, 2.75) is 56.1 Å². The minimum absolute atomic E-state index is 0.0643. The van der Waals surface area contributed by atoms with Crippen LogP contribution in [0.2, 0.25) is 0 Å². The Morgan fingerprint density at radius 1 is 1.15 bits per heavy atom. The van der Waals surface area contributed by atoms with Gasteiger partial charge in [0.1, 0.15) is 0 Å². The van der Waals surface area contributed by atoms with Gasteiger partial charge in [-0.05, 0) is 47.6 Å². The van der Waals surface area contributed by atoms with Crippen LogP contribution >= 0.6 is 0 Å². The van der Waals surface area contributed by atoms with Gasteiger partial charge in [0, 0.05) is 12.8 Å². The fraction of sp³-hybridized carbons (Fsp3) is 0.455. The zero-order valence-electron chi connectivity index (χ0n) is 15.7. The van der Waals surface area contributed by atoms with Gasteiger partial charge in [-0.25, -0.2) is 0 Å². The lowest BCUT2D eigenvalue weighted by Crippen LogP contribution is -2.39. The molecular formula is C22H24B2O3. The van der Waals surface area contributed by atoms with E-state index in [1.165, 1.54) is 22.3 Å². The first kappa shape index (κ1) is 18.8. The first-order valence-electron chi connectivity index (χ1n) is 9.59. The molecule has 0 aromatic heterocycles. The molecule has 1 fully saturated rings. The maximum atomic E-state index is 10.1. The van der Waals surface area contributed by atoms with Crippen LogP contribution in [0.4, 0.5) is 0 Å². The molecule has 2 aliphatic rings. The Labute approximate surface area is 163 Å². The first-order valence-corrected chi connectivity index (χ1v) is 9.59. The molecule has 0 spiro atoms. The highest BCUT2D eigenvalue weighted by atomic mass is 16.5. The van der Waals surface area contributed by atoms with E-state index in [1.807, 2.05) is 6.07 Å². The van der Waals surface area contributed by atoms with Crippen molar-refractivity contribution < 1.29 is 14.9 Å². The Hall–Kier alpha value is -1.55. The number of aryl methyl sites for hydroxylation is 1. The van der Waals surface area contributed by atoms with E-state index in [1.54, 1.807) is 0 Å². The highest BCUT2D eigenvalue weighted by Gasteiger charge is 2.32. The Bertz CT molecular complexity index is 849. The van der Waals surface area contributed by atoms with Crippen molar-refractivity contribution in [1.82, 2.24) is 0 Å².